The summed E-state index contributed by atoms with van der Waals surface area (Å²) in [5.41, 5.74) is 9.40. The molecule has 0 aliphatic carbocycles. The lowest BCUT2D eigenvalue weighted by atomic mass is 10.1. The molecule has 2 aromatic rings. The van der Waals surface area contributed by atoms with Gasteiger partial charge in [0.25, 0.3) is 0 Å². The zero-order valence-corrected chi connectivity index (χ0v) is 11.7. The van der Waals surface area contributed by atoms with Crippen LogP contribution >= 0.6 is 0 Å². The molecular weight excluding hydrogens is 250 g/mol. The number of amides is 2. The van der Waals surface area contributed by atoms with Crippen molar-refractivity contribution in [3.8, 4) is 0 Å². The zero-order chi connectivity index (χ0) is 14.5. The van der Waals surface area contributed by atoms with Crippen LogP contribution < -0.4 is 16.4 Å². The molecule has 0 saturated carbocycles. The van der Waals surface area contributed by atoms with Crippen molar-refractivity contribution >= 4 is 17.4 Å². The first-order valence-corrected chi connectivity index (χ1v) is 6.55. The fraction of sp³-hybridized carbons (Fsp3) is 0.188. The van der Waals surface area contributed by atoms with Gasteiger partial charge in [0.2, 0.25) is 0 Å². The lowest BCUT2D eigenvalue weighted by Gasteiger charge is -2.16. The summed E-state index contributed by atoms with van der Waals surface area (Å²) in [7, 11) is 0. The normalized spacial score (nSPS) is 11.7. The molecule has 2 rings (SSSR count). The van der Waals surface area contributed by atoms with Crippen molar-refractivity contribution in [1.82, 2.24) is 5.32 Å². The minimum absolute atomic E-state index is 0.151. The highest BCUT2D eigenvalue weighted by atomic mass is 16.2. The second kappa shape index (κ2) is 6.10. The van der Waals surface area contributed by atoms with Gasteiger partial charge in [0.05, 0.1) is 6.04 Å². The zero-order valence-electron chi connectivity index (χ0n) is 11.7. The number of anilines is 2. The molecule has 0 aliphatic rings. The predicted octanol–water partition coefficient (Wildman–Crippen LogP) is 3.46. The van der Waals surface area contributed by atoms with Crippen LogP contribution in [0.3, 0.4) is 0 Å². The molecule has 0 heterocycles. The largest absolute Gasteiger partial charge is 0.398 e. The molecule has 20 heavy (non-hydrogen) atoms. The van der Waals surface area contributed by atoms with Crippen LogP contribution in [-0.4, -0.2) is 6.03 Å². The SMILES string of the molecule is Cc1ccc(NC(=O)NC(C)c2ccccc2N)cc1. The standard InChI is InChI=1S/C16H19N3O/c1-11-7-9-13(10-8-11)19-16(20)18-12(2)14-5-3-4-6-15(14)17/h3-10,12H,17H2,1-2H3,(H2,18,19,20). The fourth-order valence-corrected chi connectivity index (χ4v) is 1.98. The van der Waals surface area contributed by atoms with Crippen molar-refractivity contribution in [1.29, 1.82) is 0 Å². The number of nitrogens with one attached hydrogen (secondary N) is 2. The van der Waals surface area contributed by atoms with E-state index >= 15 is 0 Å². The van der Waals surface area contributed by atoms with E-state index in [9.17, 15) is 4.79 Å². The van der Waals surface area contributed by atoms with Gasteiger partial charge in [0, 0.05) is 11.4 Å². The number of aryl methyl sites for hydroxylation is 1. The Morgan fingerprint density at radius 1 is 1.10 bits per heavy atom. The van der Waals surface area contributed by atoms with Crippen molar-refractivity contribution in [3.63, 3.8) is 0 Å². The minimum atomic E-state index is -0.246. The van der Waals surface area contributed by atoms with Crippen molar-refractivity contribution in [2.24, 2.45) is 0 Å². The Balaban J connectivity index is 1.98. The van der Waals surface area contributed by atoms with Crippen molar-refractivity contribution in [2.75, 3.05) is 11.1 Å². The topological polar surface area (TPSA) is 67.2 Å². The maximum Gasteiger partial charge on any atom is 0.319 e. The number of para-hydroxylation sites is 1. The molecule has 2 aromatic carbocycles. The molecule has 0 aromatic heterocycles. The van der Waals surface area contributed by atoms with Crippen molar-refractivity contribution in [2.45, 2.75) is 19.9 Å². The van der Waals surface area contributed by atoms with Gasteiger partial charge in [-0.3, -0.25) is 0 Å². The molecule has 0 bridgehead atoms. The van der Waals surface area contributed by atoms with Gasteiger partial charge in [-0.25, -0.2) is 4.79 Å². The van der Waals surface area contributed by atoms with E-state index in [0.29, 0.717) is 5.69 Å². The van der Waals surface area contributed by atoms with Crippen LogP contribution in [0.25, 0.3) is 0 Å². The number of benzene rings is 2. The van der Waals surface area contributed by atoms with Gasteiger partial charge in [0.15, 0.2) is 0 Å². The highest BCUT2D eigenvalue weighted by molar-refractivity contribution is 5.89. The number of nitrogen functional groups attached to an aromatic ring is 1. The number of nitrogens with two attached hydrogens (primary N) is 1. The number of carbonyl (C=O) groups is 1. The summed E-state index contributed by atoms with van der Waals surface area (Å²) >= 11 is 0. The van der Waals surface area contributed by atoms with Gasteiger partial charge in [-0.2, -0.15) is 0 Å². The van der Waals surface area contributed by atoms with Crippen LogP contribution in [0.5, 0.6) is 0 Å². The molecule has 4 N–H and O–H groups in total. The van der Waals surface area contributed by atoms with Gasteiger partial charge in [0.1, 0.15) is 0 Å². The van der Waals surface area contributed by atoms with Crippen LogP contribution in [0.2, 0.25) is 0 Å². The molecule has 0 spiro atoms. The van der Waals surface area contributed by atoms with Gasteiger partial charge in [-0.15, -0.1) is 0 Å². The number of urea groups is 1. The average Bonchev–Trinajstić information content (AvgIpc) is 2.41. The van der Waals surface area contributed by atoms with E-state index < -0.39 is 0 Å². The van der Waals surface area contributed by atoms with E-state index in [2.05, 4.69) is 10.6 Å². The van der Waals surface area contributed by atoms with Gasteiger partial charge >= 0.3 is 6.03 Å². The molecule has 1 atom stereocenters. The number of carbonyl (C=O) groups excluding carboxylic acids is 1. The molecule has 4 heteroatoms. The van der Waals surface area contributed by atoms with Crippen LogP contribution in [0, 0.1) is 6.92 Å². The van der Waals surface area contributed by atoms with Gasteiger partial charge < -0.3 is 16.4 Å². The van der Waals surface area contributed by atoms with Crippen LogP contribution in [0.4, 0.5) is 16.2 Å². The van der Waals surface area contributed by atoms with E-state index in [1.165, 1.54) is 0 Å². The predicted molar refractivity (Wildman–Crippen MR) is 82.6 cm³/mol. The molecule has 0 radical (unpaired) electrons. The van der Waals surface area contributed by atoms with Gasteiger partial charge in [-0.05, 0) is 37.6 Å². The number of hydrogen-bond donors (Lipinski definition) is 3. The summed E-state index contributed by atoms with van der Waals surface area (Å²) < 4.78 is 0. The third-order valence-corrected chi connectivity index (χ3v) is 3.12. The number of rotatable bonds is 3. The Hall–Kier alpha value is -2.49. The Bertz CT molecular complexity index is 593. The molecule has 0 saturated heterocycles. The molecule has 104 valence electrons. The van der Waals surface area contributed by atoms with Crippen LogP contribution in [0.15, 0.2) is 48.5 Å². The van der Waals surface area contributed by atoms with Crippen LogP contribution in [-0.2, 0) is 0 Å². The van der Waals surface area contributed by atoms with Crippen LogP contribution in [0.1, 0.15) is 24.1 Å². The molecule has 0 aliphatic heterocycles. The lowest BCUT2D eigenvalue weighted by Crippen LogP contribution is -2.31. The first kappa shape index (κ1) is 13.9. The maximum absolute atomic E-state index is 11.9. The third-order valence-electron chi connectivity index (χ3n) is 3.12. The molecule has 1 unspecified atom stereocenters. The monoisotopic (exact) mass is 269 g/mol. The summed E-state index contributed by atoms with van der Waals surface area (Å²) in [5.74, 6) is 0. The smallest absolute Gasteiger partial charge is 0.319 e. The summed E-state index contributed by atoms with van der Waals surface area (Å²) in [5, 5.41) is 5.67. The van der Waals surface area contributed by atoms with E-state index in [1.807, 2.05) is 62.4 Å². The summed E-state index contributed by atoms with van der Waals surface area (Å²) in [6.45, 7) is 3.91. The van der Waals surface area contributed by atoms with Crippen molar-refractivity contribution < 1.29 is 4.79 Å². The lowest BCUT2D eigenvalue weighted by molar-refractivity contribution is 0.249. The fourth-order valence-electron chi connectivity index (χ4n) is 1.98. The Morgan fingerprint density at radius 2 is 1.75 bits per heavy atom. The average molecular weight is 269 g/mol. The minimum Gasteiger partial charge on any atom is -0.398 e. The second-order valence-electron chi connectivity index (χ2n) is 4.82. The highest BCUT2D eigenvalue weighted by Crippen LogP contribution is 2.19. The third kappa shape index (κ3) is 3.51. The summed E-state index contributed by atoms with van der Waals surface area (Å²) in [6, 6.07) is 14.8. The Kier molecular flexibility index (Phi) is 4.25. The van der Waals surface area contributed by atoms with E-state index in [0.717, 1.165) is 16.8 Å². The molecular formula is C16H19N3O. The van der Waals surface area contributed by atoms with Crippen molar-refractivity contribution in [3.05, 3.63) is 59.7 Å². The molecule has 2 amide bonds. The highest BCUT2D eigenvalue weighted by Gasteiger charge is 2.11. The Labute approximate surface area is 119 Å². The Morgan fingerprint density at radius 3 is 2.40 bits per heavy atom. The first-order valence-electron chi connectivity index (χ1n) is 6.55. The second-order valence-corrected chi connectivity index (χ2v) is 4.82. The van der Waals surface area contributed by atoms with E-state index in [4.69, 9.17) is 5.73 Å². The quantitative estimate of drug-likeness (QED) is 0.747. The molecule has 4 nitrogen and oxygen atoms in total. The van der Waals surface area contributed by atoms with E-state index in [1.54, 1.807) is 0 Å². The van der Waals surface area contributed by atoms with E-state index in [-0.39, 0.29) is 12.1 Å². The summed E-state index contributed by atoms with van der Waals surface area (Å²) in [4.78, 5) is 11.9. The maximum atomic E-state index is 11.9. The first-order chi connectivity index (χ1) is 9.56. The van der Waals surface area contributed by atoms with Gasteiger partial charge in [-0.1, -0.05) is 35.9 Å². The molecule has 0 fully saturated rings. The summed E-state index contributed by atoms with van der Waals surface area (Å²) in [6.07, 6.45) is 0. The number of hydrogen-bond acceptors (Lipinski definition) is 2.